The van der Waals surface area contributed by atoms with Gasteiger partial charge in [-0.2, -0.15) is 0 Å². The van der Waals surface area contributed by atoms with E-state index in [0.29, 0.717) is 11.7 Å². The van der Waals surface area contributed by atoms with E-state index < -0.39 is 0 Å². The lowest BCUT2D eigenvalue weighted by Crippen LogP contribution is -2.35. The molecule has 0 N–H and O–H groups in total. The average molecular weight is 393 g/mol. The van der Waals surface area contributed by atoms with E-state index in [4.69, 9.17) is 9.47 Å². The summed E-state index contributed by atoms with van der Waals surface area (Å²) in [6.45, 7) is 12.4. The minimum absolute atomic E-state index is 0.0691. The Morgan fingerprint density at radius 2 is 2.00 bits per heavy atom. The Labute approximate surface area is 152 Å². The SMILES string of the molecule is C=C1C=C[C@@H](C)C(C)(C)[C@@H]1Cc1cc(OC)c(Br)cc1OC(C)=O. The van der Waals surface area contributed by atoms with Gasteiger partial charge in [-0.3, -0.25) is 4.79 Å². The molecule has 1 aliphatic carbocycles. The Kier molecular flexibility index (Phi) is 5.59. The van der Waals surface area contributed by atoms with Crippen LogP contribution < -0.4 is 9.47 Å². The molecule has 0 aromatic heterocycles. The molecule has 0 amide bonds. The number of hydrogen-bond acceptors (Lipinski definition) is 3. The van der Waals surface area contributed by atoms with Crippen LogP contribution in [-0.2, 0) is 11.2 Å². The van der Waals surface area contributed by atoms with Crippen LogP contribution >= 0.6 is 15.9 Å². The summed E-state index contributed by atoms with van der Waals surface area (Å²) in [5, 5.41) is 0. The van der Waals surface area contributed by atoms with Gasteiger partial charge in [0.05, 0.1) is 11.6 Å². The topological polar surface area (TPSA) is 35.5 Å². The van der Waals surface area contributed by atoms with Crippen molar-refractivity contribution < 1.29 is 14.3 Å². The van der Waals surface area contributed by atoms with E-state index in [1.165, 1.54) is 6.92 Å². The molecule has 3 nitrogen and oxygen atoms in total. The predicted molar refractivity (Wildman–Crippen MR) is 100 cm³/mol. The van der Waals surface area contributed by atoms with Gasteiger partial charge < -0.3 is 9.47 Å². The van der Waals surface area contributed by atoms with Gasteiger partial charge in [-0.1, -0.05) is 45.1 Å². The third-order valence-corrected chi connectivity index (χ3v) is 5.75. The van der Waals surface area contributed by atoms with Crippen molar-refractivity contribution in [2.24, 2.45) is 17.3 Å². The molecule has 1 aliphatic rings. The highest BCUT2D eigenvalue weighted by Crippen LogP contribution is 2.46. The highest BCUT2D eigenvalue weighted by atomic mass is 79.9. The molecule has 1 aromatic rings. The van der Waals surface area contributed by atoms with Crippen LogP contribution in [0.4, 0.5) is 0 Å². The lowest BCUT2D eigenvalue weighted by molar-refractivity contribution is -0.131. The van der Waals surface area contributed by atoms with E-state index in [2.05, 4.69) is 55.4 Å². The highest BCUT2D eigenvalue weighted by molar-refractivity contribution is 9.10. The zero-order valence-electron chi connectivity index (χ0n) is 15.0. The molecule has 0 unspecified atom stereocenters. The molecule has 24 heavy (non-hydrogen) atoms. The summed E-state index contributed by atoms with van der Waals surface area (Å²) in [6, 6.07) is 3.74. The van der Waals surface area contributed by atoms with Gasteiger partial charge in [-0.15, -0.1) is 0 Å². The molecular weight excluding hydrogens is 368 g/mol. The van der Waals surface area contributed by atoms with Gasteiger partial charge in [0.15, 0.2) is 0 Å². The van der Waals surface area contributed by atoms with Crippen molar-refractivity contribution in [3.05, 3.63) is 46.5 Å². The van der Waals surface area contributed by atoms with E-state index in [-0.39, 0.29) is 17.3 Å². The first-order valence-corrected chi connectivity index (χ1v) is 8.88. The molecule has 1 aromatic carbocycles. The van der Waals surface area contributed by atoms with E-state index in [1.54, 1.807) is 13.2 Å². The maximum atomic E-state index is 11.5. The number of ether oxygens (including phenoxy) is 2. The summed E-state index contributed by atoms with van der Waals surface area (Å²) in [5.41, 5.74) is 2.13. The molecule has 0 spiro atoms. The molecule has 0 saturated heterocycles. The third-order valence-electron chi connectivity index (χ3n) is 5.13. The van der Waals surface area contributed by atoms with Gasteiger partial charge in [0.1, 0.15) is 11.5 Å². The average Bonchev–Trinajstić information content (AvgIpc) is 2.49. The molecule has 2 atom stereocenters. The molecule has 0 bridgehead atoms. The number of esters is 1. The van der Waals surface area contributed by atoms with Gasteiger partial charge >= 0.3 is 5.97 Å². The Balaban J connectivity index is 2.45. The Hall–Kier alpha value is -1.55. The summed E-state index contributed by atoms with van der Waals surface area (Å²) < 4.78 is 11.6. The molecule has 0 saturated carbocycles. The Morgan fingerprint density at radius 1 is 1.33 bits per heavy atom. The van der Waals surface area contributed by atoms with Crippen LogP contribution in [-0.4, -0.2) is 13.1 Å². The number of carbonyl (C=O) groups excluding carboxylic acids is 1. The number of allylic oxidation sites excluding steroid dienone is 3. The number of benzene rings is 1. The zero-order valence-corrected chi connectivity index (χ0v) is 16.6. The van der Waals surface area contributed by atoms with Crippen LogP contribution in [0.5, 0.6) is 11.5 Å². The second-order valence-corrected chi connectivity index (χ2v) is 7.84. The number of rotatable bonds is 4. The Morgan fingerprint density at radius 3 is 2.58 bits per heavy atom. The molecule has 0 fully saturated rings. The summed E-state index contributed by atoms with van der Waals surface area (Å²) >= 11 is 3.46. The number of hydrogen-bond donors (Lipinski definition) is 0. The molecule has 0 aliphatic heterocycles. The number of carbonyl (C=O) groups is 1. The number of halogens is 1. The zero-order chi connectivity index (χ0) is 18.1. The molecule has 0 heterocycles. The minimum Gasteiger partial charge on any atom is -0.496 e. The quantitative estimate of drug-likeness (QED) is 0.512. The van der Waals surface area contributed by atoms with Crippen LogP contribution in [0.3, 0.4) is 0 Å². The second kappa shape index (κ2) is 7.14. The maximum Gasteiger partial charge on any atom is 0.308 e. The van der Waals surface area contributed by atoms with Crippen molar-refractivity contribution in [1.82, 2.24) is 0 Å². The standard InChI is InChI=1S/C20H25BrO3/c1-12-7-8-13(2)20(4,5)16(12)9-15-10-19(23-6)17(21)11-18(15)24-14(3)22/h7-8,10-11,13,16H,1,9H2,2-6H3/t13-,16-/m1/s1. The van der Waals surface area contributed by atoms with Crippen molar-refractivity contribution in [2.45, 2.75) is 34.1 Å². The first-order chi connectivity index (χ1) is 11.2. The first kappa shape index (κ1) is 18.8. The molecule has 130 valence electrons. The van der Waals surface area contributed by atoms with Crippen LogP contribution in [0.25, 0.3) is 0 Å². The van der Waals surface area contributed by atoms with Crippen molar-refractivity contribution >= 4 is 21.9 Å². The van der Waals surface area contributed by atoms with Gasteiger partial charge in [0.25, 0.3) is 0 Å². The summed E-state index contributed by atoms with van der Waals surface area (Å²) in [7, 11) is 1.63. The van der Waals surface area contributed by atoms with Crippen LogP contribution in [0.1, 0.15) is 33.3 Å². The second-order valence-electron chi connectivity index (χ2n) is 6.99. The summed E-state index contributed by atoms with van der Waals surface area (Å²) in [4.78, 5) is 11.5. The monoisotopic (exact) mass is 392 g/mol. The summed E-state index contributed by atoms with van der Waals surface area (Å²) in [6.07, 6.45) is 5.07. The molecule has 2 rings (SSSR count). The van der Waals surface area contributed by atoms with E-state index in [1.807, 2.05) is 6.07 Å². The van der Waals surface area contributed by atoms with E-state index in [9.17, 15) is 4.79 Å². The van der Waals surface area contributed by atoms with Crippen LogP contribution in [0.15, 0.2) is 40.9 Å². The predicted octanol–water partition coefficient (Wildman–Crippen LogP) is 5.33. The lowest BCUT2D eigenvalue weighted by Gasteiger charge is -2.42. The fourth-order valence-corrected chi connectivity index (χ4v) is 3.67. The largest absolute Gasteiger partial charge is 0.496 e. The van der Waals surface area contributed by atoms with Gasteiger partial charge in [0.2, 0.25) is 0 Å². The molecule has 0 radical (unpaired) electrons. The minimum atomic E-state index is -0.330. The molecular formula is C20H25BrO3. The van der Waals surface area contributed by atoms with Crippen molar-refractivity contribution in [3.63, 3.8) is 0 Å². The summed E-state index contributed by atoms with van der Waals surface area (Å²) in [5.74, 6) is 1.67. The number of methoxy groups -OCH3 is 1. The highest BCUT2D eigenvalue weighted by Gasteiger charge is 2.37. The van der Waals surface area contributed by atoms with Crippen molar-refractivity contribution in [2.75, 3.05) is 7.11 Å². The van der Waals surface area contributed by atoms with Gasteiger partial charge in [0, 0.05) is 6.92 Å². The van der Waals surface area contributed by atoms with Crippen LogP contribution in [0.2, 0.25) is 0 Å². The van der Waals surface area contributed by atoms with Crippen molar-refractivity contribution in [1.29, 1.82) is 0 Å². The third kappa shape index (κ3) is 3.75. The fourth-order valence-electron chi connectivity index (χ4n) is 3.18. The van der Waals surface area contributed by atoms with E-state index in [0.717, 1.165) is 27.8 Å². The van der Waals surface area contributed by atoms with Crippen molar-refractivity contribution in [3.8, 4) is 11.5 Å². The maximum absolute atomic E-state index is 11.5. The molecule has 4 heteroatoms. The smallest absolute Gasteiger partial charge is 0.308 e. The van der Waals surface area contributed by atoms with Gasteiger partial charge in [-0.05, 0) is 57.3 Å². The normalized spacial score (nSPS) is 22.3. The first-order valence-electron chi connectivity index (χ1n) is 8.08. The lowest BCUT2D eigenvalue weighted by atomic mass is 9.62. The van der Waals surface area contributed by atoms with Crippen LogP contribution in [0, 0.1) is 17.3 Å². The van der Waals surface area contributed by atoms with Gasteiger partial charge in [-0.25, -0.2) is 0 Å². The van der Waals surface area contributed by atoms with E-state index >= 15 is 0 Å². The Bertz CT molecular complexity index is 688. The fraction of sp³-hybridized carbons (Fsp3) is 0.450.